The van der Waals surface area contributed by atoms with Crippen molar-refractivity contribution in [3.8, 4) is 0 Å². The second kappa shape index (κ2) is 11.4. The van der Waals surface area contributed by atoms with Gasteiger partial charge in [-0.2, -0.15) is 0 Å². The normalized spacial score (nSPS) is 15.8. The van der Waals surface area contributed by atoms with Gasteiger partial charge >= 0.3 is 5.97 Å². The van der Waals surface area contributed by atoms with E-state index in [1.54, 1.807) is 31.2 Å². The van der Waals surface area contributed by atoms with Crippen molar-refractivity contribution < 1.29 is 28.6 Å². The van der Waals surface area contributed by atoms with Crippen LogP contribution in [0, 0.1) is 5.92 Å². The summed E-state index contributed by atoms with van der Waals surface area (Å²) in [4.78, 5) is 38.0. The van der Waals surface area contributed by atoms with Crippen LogP contribution in [-0.2, 0) is 20.3 Å². The lowest BCUT2D eigenvalue weighted by Crippen LogP contribution is -2.30. The van der Waals surface area contributed by atoms with E-state index in [0.717, 1.165) is 5.56 Å². The molecule has 1 heterocycles. The standard InChI is InChI=1S/C25H30NO6P/c1-2-32-33(31,17-15-19-10-4-3-5-11-19)18-20(25(29)30)12-8-9-16-26-23(27)21-13-6-7-14-22(21)24(26)28/h3-7,10-11,13-14,20H,2,8-9,12,15-18H2,1H3,(H,29,30). The van der Waals surface area contributed by atoms with Gasteiger partial charge in [0.25, 0.3) is 11.8 Å². The number of nitrogens with zero attached hydrogens (tertiary/aromatic N) is 1. The number of hydrogen-bond acceptors (Lipinski definition) is 5. The Bertz CT molecular complexity index is 1000. The van der Waals surface area contributed by atoms with Crippen molar-refractivity contribution in [3.63, 3.8) is 0 Å². The van der Waals surface area contributed by atoms with E-state index in [2.05, 4.69) is 0 Å². The highest BCUT2D eigenvalue weighted by molar-refractivity contribution is 7.59. The predicted octanol–water partition coefficient (Wildman–Crippen LogP) is 4.71. The van der Waals surface area contributed by atoms with Crippen molar-refractivity contribution in [2.45, 2.75) is 32.6 Å². The summed E-state index contributed by atoms with van der Waals surface area (Å²) < 4.78 is 19.0. The Morgan fingerprint density at radius 2 is 1.61 bits per heavy atom. The molecule has 0 fully saturated rings. The molecule has 7 nitrogen and oxygen atoms in total. The molecule has 2 unspecified atom stereocenters. The molecule has 2 aromatic rings. The van der Waals surface area contributed by atoms with Crippen LogP contribution in [0.3, 0.4) is 0 Å². The fraction of sp³-hybridized carbons (Fsp3) is 0.400. The highest BCUT2D eigenvalue weighted by atomic mass is 31.2. The van der Waals surface area contributed by atoms with Gasteiger partial charge in [0.2, 0.25) is 7.37 Å². The highest BCUT2D eigenvalue weighted by Crippen LogP contribution is 2.49. The molecule has 0 saturated carbocycles. The molecule has 33 heavy (non-hydrogen) atoms. The lowest BCUT2D eigenvalue weighted by molar-refractivity contribution is -0.141. The summed E-state index contributed by atoms with van der Waals surface area (Å²) in [5, 5.41) is 9.71. The quantitative estimate of drug-likeness (QED) is 0.258. The number of carbonyl (C=O) groups is 3. The van der Waals surface area contributed by atoms with Gasteiger partial charge < -0.3 is 9.63 Å². The van der Waals surface area contributed by atoms with Crippen LogP contribution in [0.1, 0.15) is 52.5 Å². The van der Waals surface area contributed by atoms with Gasteiger partial charge in [0.05, 0.1) is 23.7 Å². The maximum atomic E-state index is 13.4. The third kappa shape index (κ3) is 6.40. The van der Waals surface area contributed by atoms with Crippen LogP contribution in [0.4, 0.5) is 0 Å². The molecule has 0 bridgehead atoms. The number of carboxylic acids is 1. The first-order valence-corrected chi connectivity index (χ1v) is 13.3. The van der Waals surface area contributed by atoms with Crippen LogP contribution < -0.4 is 0 Å². The van der Waals surface area contributed by atoms with Gasteiger partial charge in [0.15, 0.2) is 0 Å². The number of carbonyl (C=O) groups excluding carboxylic acids is 2. The topological polar surface area (TPSA) is 101 Å². The Morgan fingerprint density at radius 1 is 1.00 bits per heavy atom. The van der Waals surface area contributed by atoms with Gasteiger partial charge in [0, 0.05) is 18.9 Å². The Morgan fingerprint density at radius 3 is 2.18 bits per heavy atom. The van der Waals surface area contributed by atoms with Crippen molar-refractivity contribution in [2.24, 2.45) is 5.92 Å². The summed E-state index contributed by atoms with van der Waals surface area (Å²) in [6.45, 7) is 2.25. The largest absolute Gasteiger partial charge is 0.481 e. The molecule has 0 radical (unpaired) electrons. The minimum absolute atomic E-state index is 0.0178. The second-order valence-electron chi connectivity index (χ2n) is 8.21. The Labute approximate surface area is 194 Å². The number of fused-ring (bicyclic) bond motifs is 1. The Kier molecular flexibility index (Phi) is 8.59. The summed E-state index contributed by atoms with van der Waals surface area (Å²) in [6, 6.07) is 16.3. The molecule has 176 valence electrons. The molecule has 0 aliphatic carbocycles. The second-order valence-corrected chi connectivity index (χ2v) is 10.9. The number of aliphatic carboxylic acids is 1. The van der Waals surface area contributed by atoms with E-state index >= 15 is 0 Å². The molecule has 1 N–H and O–H groups in total. The molecule has 8 heteroatoms. The zero-order valence-electron chi connectivity index (χ0n) is 18.8. The number of unbranched alkanes of at least 4 members (excludes halogenated alkanes) is 1. The fourth-order valence-electron chi connectivity index (χ4n) is 4.12. The van der Waals surface area contributed by atoms with Crippen molar-refractivity contribution in [1.82, 2.24) is 4.90 Å². The Balaban J connectivity index is 1.53. The molecular formula is C25H30NO6P. The maximum Gasteiger partial charge on any atom is 0.307 e. The minimum atomic E-state index is -3.12. The van der Waals surface area contributed by atoms with Gasteiger partial charge in [-0.1, -0.05) is 48.9 Å². The van der Waals surface area contributed by atoms with E-state index in [1.165, 1.54) is 4.90 Å². The number of benzene rings is 2. The maximum absolute atomic E-state index is 13.4. The minimum Gasteiger partial charge on any atom is -0.481 e. The third-order valence-corrected chi connectivity index (χ3v) is 8.49. The summed E-state index contributed by atoms with van der Waals surface area (Å²) in [6.07, 6.45) is 2.12. The number of aryl methyl sites for hydroxylation is 1. The Hall–Kier alpha value is -2.76. The molecule has 1 aliphatic rings. The van der Waals surface area contributed by atoms with Crippen molar-refractivity contribution >= 4 is 25.2 Å². The molecule has 2 aromatic carbocycles. The van der Waals surface area contributed by atoms with E-state index in [0.29, 0.717) is 43.0 Å². The van der Waals surface area contributed by atoms with Crippen LogP contribution in [0.25, 0.3) is 0 Å². The number of amides is 2. The molecule has 0 saturated heterocycles. The number of rotatable bonds is 13. The average Bonchev–Trinajstić information content (AvgIpc) is 3.05. The van der Waals surface area contributed by atoms with Crippen LogP contribution in [0.15, 0.2) is 54.6 Å². The van der Waals surface area contributed by atoms with Crippen LogP contribution in [-0.4, -0.2) is 53.3 Å². The zero-order chi connectivity index (χ0) is 23.8. The lowest BCUT2D eigenvalue weighted by Gasteiger charge is -2.22. The SMILES string of the molecule is CCOP(=O)(CCc1ccccc1)CC(CCCCN1C(=O)c2ccccc2C1=O)C(=O)O. The zero-order valence-corrected chi connectivity index (χ0v) is 19.7. The molecular weight excluding hydrogens is 441 g/mol. The molecule has 3 rings (SSSR count). The van der Waals surface area contributed by atoms with Crippen LogP contribution >= 0.6 is 7.37 Å². The van der Waals surface area contributed by atoms with Crippen molar-refractivity contribution in [3.05, 3.63) is 71.3 Å². The van der Waals surface area contributed by atoms with Crippen molar-refractivity contribution in [2.75, 3.05) is 25.5 Å². The first-order chi connectivity index (χ1) is 15.8. The molecule has 2 amide bonds. The van der Waals surface area contributed by atoms with E-state index in [4.69, 9.17) is 4.52 Å². The van der Waals surface area contributed by atoms with Crippen molar-refractivity contribution in [1.29, 1.82) is 0 Å². The highest BCUT2D eigenvalue weighted by Gasteiger charge is 2.35. The average molecular weight is 471 g/mol. The monoisotopic (exact) mass is 471 g/mol. The molecule has 1 aliphatic heterocycles. The molecule has 0 aromatic heterocycles. The molecule has 2 atom stereocenters. The number of hydrogen-bond donors (Lipinski definition) is 1. The van der Waals surface area contributed by atoms with Gasteiger partial charge in [-0.3, -0.25) is 23.8 Å². The third-order valence-electron chi connectivity index (χ3n) is 5.86. The van der Waals surface area contributed by atoms with Gasteiger partial charge in [-0.25, -0.2) is 0 Å². The summed E-state index contributed by atoms with van der Waals surface area (Å²) in [5.41, 5.74) is 1.84. The van der Waals surface area contributed by atoms with E-state index in [1.807, 2.05) is 30.3 Å². The lowest BCUT2D eigenvalue weighted by atomic mass is 10.0. The number of imide groups is 1. The number of carboxylic acid groups (broad SMARTS) is 1. The van der Waals surface area contributed by atoms with Gasteiger partial charge in [0.1, 0.15) is 0 Å². The van der Waals surface area contributed by atoms with Crippen LogP contribution in [0.5, 0.6) is 0 Å². The van der Waals surface area contributed by atoms with E-state index < -0.39 is 19.3 Å². The first-order valence-electron chi connectivity index (χ1n) is 11.3. The molecule has 0 spiro atoms. The van der Waals surface area contributed by atoms with Gasteiger partial charge in [-0.15, -0.1) is 0 Å². The first kappa shape index (κ1) is 24.9. The smallest absolute Gasteiger partial charge is 0.307 e. The fourth-order valence-corrected chi connectivity index (χ4v) is 6.62. The summed E-state index contributed by atoms with van der Waals surface area (Å²) in [7, 11) is -3.12. The van der Waals surface area contributed by atoms with Gasteiger partial charge in [-0.05, 0) is 43.9 Å². The summed E-state index contributed by atoms with van der Waals surface area (Å²) in [5.74, 6) is -2.44. The van der Waals surface area contributed by atoms with E-state index in [9.17, 15) is 24.1 Å². The van der Waals surface area contributed by atoms with Crippen LogP contribution in [0.2, 0.25) is 0 Å². The predicted molar refractivity (Wildman–Crippen MR) is 126 cm³/mol. The summed E-state index contributed by atoms with van der Waals surface area (Å²) >= 11 is 0. The van der Waals surface area contributed by atoms with E-state index in [-0.39, 0.29) is 31.1 Å².